The average Bonchev–Trinajstić information content (AvgIpc) is 2.75. The summed E-state index contributed by atoms with van der Waals surface area (Å²) in [6, 6.07) is 5.22. The minimum Gasteiger partial charge on any atom is -0.378 e. The zero-order valence-corrected chi connectivity index (χ0v) is 15.9. The Balaban J connectivity index is 1.42. The van der Waals surface area contributed by atoms with E-state index >= 15 is 0 Å². The van der Waals surface area contributed by atoms with Gasteiger partial charge in [0, 0.05) is 50.7 Å². The molecule has 4 rings (SSSR count). The Morgan fingerprint density at radius 2 is 1.67 bits per heavy atom. The van der Waals surface area contributed by atoms with Crippen LogP contribution in [0.1, 0.15) is 24.6 Å². The number of hydrogen-bond acceptors (Lipinski definition) is 7. The number of ether oxygens (including phenoxy) is 1. The molecule has 2 aliphatic heterocycles. The zero-order valence-electron chi connectivity index (χ0n) is 15.1. The van der Waals surface area contributed by atoms with Gasteiger partial charge < -0.3 is 9.64 Å². The summed E-state index contributed by atoms with van der Waals surface area (Å²) >= 11 is 0. The van der Waals surface area contributed by atoms with E-state index in [9.17, 15) is 8.42 Å². The normalized spacial score (nSPS) is 19.9. The number of hydrogen-bond donors (Lipinski definition) is 0. The molecule has 0 spiro atoms. The molecule has 0 bridgehead atoms. The second-order valence-electron chi connectivity index (χ2n) is 6.74. The van der Waals surface area contributed by atoms with Gasteiger partial charge in [0.05, 0.1) is 13.2 Å². The van der Waals surface area contributed by atoms with E-state index in [1.54, 1.807) is 30.6 Å². The van der Waals surface area contributed by atoms with Crippen LogP contribution in [-0.4, -0.2) is 67.1 Å². The second kappa shape index (κ2) is 7.87. The first-order chi connectivity index (χ1) is 13.1. The first-order valence-electron chi connectivity index (χ1n) is 9.20. The number of morpholine rings is 1. The quantitative estimate of drug-likeness (QED) is 0.778. The molecule has 8 nitrogen and oxygen atoms in total. The zero-order chi connectivity index (χ0) is 18.7. The Morgan fingerprint density at radius 1 is 0.963 bits per heavy atom. The van der Waals surface area contributed by atoms with Crippen molar-refractivity contribution in [3.63, 3.8) is 0 Å². The number of rotatable bonds is 4. The van der Waals surface area contributed by atoms with Gasteiger partial charge in [0.1, 0.15) is 16.5 Å². The smallest absolute Gasteiger partial charge is 0.244 e. The third-order valence-corrected chi connectivity index (χ3v) is 6.98. The predicted molar refractivity (Wildman–Crippen MR) is 100 cm³/mol. The fourth-order valence-electron chi connectivity index (χ4n) is 3.53. The maximum Gasteiger partial charge on any atom is 0.244 e. The van der Waals surface area contributed by atoms with Crippen molar-refractivity contribution in [1.29, 1.82) is 0 Å². The monoisotopic (exact) mass is 389 g/mol. The van der Waals surface area contributed by atoms with Crippen molar-refractivity contribution in [2.24, 2.45) is 0 Å². The molecule has 0 N–H and O–H groups in total. The molecule has 2 saturated heterocycles. The Hall–Kier alpha value is -2.10. The van der Waals surface area contributed by atoms with Gasteiger partial charge in [-0.15, -0.1) is 0 Å². The van der Waals surface area contributed by atoms with Gasteiger partial charge in [0.2, 0.25) is 10.0 Å². The largest absolute Gasteiger partial charge is 0.378 e. The Kier molecular flexibility index (Phi) is 5.33. The number of pyridine rings is 1. The van der Waals surface area contributed by atoms with Gasteiger partial charge in [-0.25, -0.2) is 23.4 Å². The lowest BCUT2D eigenvalue weighted by atomic mass is 9.97. The Bertz CT molecular complexity index is 846. The fourth-order valence-corrected chi connectivity index (χ4v) is 4.95. The summed E-state index contributed by atoms with van der Waals surface area (Å²) in [5.74, 6) is 1.79. The van der Waals surface area contributed by atoms with Crippen LogP contribution in [0.5, 0.6) is 0 Å². The van der Waals surface area contributed by atoms with E-state index < -0.39 is 10.0 Å². The van der Waals surface area contributed by atoms with Gasteiger partial charge in [-0.05, 0) is 31.0 Å². The van der Waals surface area contributed by atoms with Crippen LogP contribution in [0.2, 0.25) is 0 Å². The third kappa shape index (κ3) is 3.95. The summed E-state index contributed by atoms with van der Waals surface area (Å²) in [6.07, 6.45) is 6.37. The molecule has 4 heterocycles. The molecule has 0 unspecified atom stereocenters. The van der Waals surface area contributed by atoms with Gasteiger partial charge in [0.25, 0.3) is 0 Å². The van der Waals surface area contributed by atoms with E-state index in [1.165, 1.54) is 10.5 Å². The second-order valence-corrected chi connectivity index (χ2v) is 8.67. The highest BCUT2D eigenvalue weighted by Gasteiger charge is 2.31. The summed E-state index contributed by atoms with van der Waals surface area (Å²) in [7, 11) is -3.53. The van der Waals surface area contributed by atoms with Crippen molar-refractivity contribution in [3.05, 3.63) is 42.6 Å². The molecule has 0 radical (unpaired) electrons. The van der Waals surface area contributed by atoms with Crippen molar-refractivity contribution >= 4 is 15.8 Å². The predicted octanol–water partition coefficient (Wildman–Crippen LogP) is 1.28. The lowest BCUT2D eigenvalue weighted by Gasteiger charge is -2.30. The minimum absolute atomic E-state index is 0.208. The number of aromatic nitrogens is 3. The van der Waals surface area contributed by atoms with Crippen molar-refractivity contribution in [1.82, 2.24) is 19.3 Å². The topological polar surface area (TPSA) is 88.5 Å². The molecule has 27 heavy (non-hydrogen) atoms. The maximum absolute atomic E-state index is 12.9. The van der Waals surface area contributed by atoms with Crippen molar-refractivity contribution in [3.8, 4) is 0 Å². The van der Waals surface area contributed by atoms with Gasteiger partial charge in [-0.1, -0.05) is 0 Å². The van der Waals surface area contributed by atoms with Crippen LogP contribution in [0, 0.1) is 0 Å². The van der Waals surface area contributed by atoms with Crippen molar-refractivity contribution < 1.29 is 13.2 Å². The molecule has 0 aromatic carbocycles. The third-order valence-electron chi connectivity index (χ3n) is 5.10. The van der Waals surface area contributed by atoms with Crippen LogP contribution in [0.4, 0.5) is 5.82 Å². The molecule has 0 amide bonds. The average molecular weight is 389 g/mol. The van der Waals surface area contributed by atoms with Crippen LogP contribution in [-0.2, 0) is 14.8 Å². The SMILES string of the molecule is O=S(=O)(c1ccc(N2CCOCC2)nc1)N1CCC(c2ncccn2)CC1. The summed E-state index contributed by atoms with van der Waals surface area (Å²) < 4.78 is 32.8. The molecule has 0 saturated carbocycles. The van der Waals surface area contributed by atoms with Crippen LogP contribution >= 0.6 is 0 Å². The molecule has 0 aliphatic carbocycles. The van der Waals surface area contributed by atoms with Gasteiger partial charge >= 0.3 is 0 Å². The minimum atomic E-state index is -3.53. The van der Waals surface area contributed by atoms with E-state index in [0.717, 1.165) is 37.6 Å². The molecule has 0 atom stereocenters. The molecule has 9 heteroatoms. The maximum atomic E-state index is 12.9. The first kappa shape index (κ1) is 18.3. The standard InChI is InChI=1S/C18H23N5O3S/c24-27(25,16-2-3-17(21-14-16)22-10-12-26-13-11-22)23-8-4-15(5-9-23)18-19-6-1-7-20-18/h1-3,6-7,14-15H,4-5,8-13H2. The van der Waals surface area contributed by atoms with Gasteiger partial charge in [-0.2, -0.15) is 4.31 Å². The number of anilines is 1. The van der Waals surface area contributed by atoms with E-state index in [2.05, 4.69) is 19.9 Å². The van der Waals surface area contributed by atoms with Crippen LogP contribution in [0.15, 0.2) is 41.7 Å². The fraction of sp³-hybridized carbons (Fsp3) is 0.500. The molecule has 2 fully saturated rings. The summed E-state index contributed by atoms with van der Waals surface area (Å²) in [5.41, 5.74) is 0. The molecular formula is C18H23N5O3S. The number of sulfonamides is 1. The van der Waals surface area contributed by atoms with Crippen LogP contribution in [0.3, 0.4) is 0 Å². The molecular weight excluding hydrogens is 366 g/mol. The van der Waals surface area contributed by atoms with Crippen molar-refractivity contribution in [2.45, 2.75) is 23.7 Å². The lowest BCUT2D eigenvalue weighted by Crippen LogP contribution is -2.38. The van der Waals surface area contributed by atoms with E-state index in [1.807, 2.05) is 0 Å². The van der Waals surface area contributed by atoms with E-state index in [4.69, 9.17) is 4.74 Å². The van der Waals surface area contributed by atoms with E-state index in [-0.39, 0.29) is 10.8 Å². The molecule has 2 aliphatic rings. The summed E-state index contributed by atoms with van der Waals surface area (Å²) in [5, 5.41) is 0. The first-order valence-corrected chi connectivity index (χ1v) is 10.6. The number of nitrogens with zero attached hydrogens (tertiary/aromatic N) is 5. The Labute approximate surface area is 159 Å². The summed E-state index contributed by atoms with van der Waals surface area (Å²) in [4.78, 5) is 15.3. The number of piperidine rings is 1. The van der Waals surface area contributed by atoms with Crippen LogP contribution < -0.4 is 4.90 Å². The summed E-state index contributed by atoms with van der Waals surface area (Å²) in [6.45, 7) is 3.82. The molecule has 2 aromatic heterocycles. The van der Waals surface area contributed by atoms with E-state index in [0.29, 0.717) is 26.3 Å². The molecule has 144 valence electrons. The van der Waals surface area contributed by atoms with Crippen molar-refractivity contribution in [2.75, 3.05) is 44.3 Å². The highest BCUT2D eigenvalue weighted by Crippen LogP contribution is 2.29. The lowest BCUT2D eigenvalue weighted by molar-refractivity contribution is 0.122. The van der Waals surface area contributed by atoms with Gasteiger partial charge in [-0.3, -0.25) is 0 Å². The van der Waals surface area contributed by atoms with Gasteiger partial charge in [0.15, 0.2) is 0 Å². The molecule has 2 aromatic rings. The highest BCUT2D eigenvalue weighted by atomic mass is 32.2. The Morgan fingerprint density at radius 3 is 2.30 bits per heavy atom. The van der Waals surface area contributed by atoms with Crippen LogP contribution in [0.25, 0.3) is 0 Å². The highest BCUT2D eigenvalue weighted by molar-refractivity contribution is 7.89.